The normalized spacial score (nSPS) is 29.6. The summed E-state index contributed by atoms with van der Waals surface area (Å²) in [5, 5.41) is 8.75. The van der Waals surface area contributed by atoms with E-state index in [-0.39, 0.29) is 18.8 Å². The Balaban J connectivity index is 1.37. The molecule has 39 heavy (non-hydrogen) atoms. The molecule has 2 fully saturated rings. The lowest BCUT2D eigenvalue weighted by atomic mass is 9.52. The van der Waals surface area contributed by atoms with Gasteiger partial charge in [-0.05, 0) is 97.3 Å². The fraction of sp³-hybridized carbons (Fsp3) is 0.812. The van der Waals surface area contributed by atoms with E-state index in [1.807, 2.05) is 0 Å². The Hall–Kier alpha value is -1.22. The van der Waals surface area contributed by atoms with E-state index in [1.165, 1.54) is 50.5 Å². The van der Waals surface area contributed by atoms with Crippen LogP contribution >= 0.6 is 0 Å². The Labute approximate surface area is 235 Å². The largest absolute Gasteiger partial charge is 0.468 e. The third-order valence-corrected chi connectivity index (χ3v) is 9.74. The number of benzene rings is 1. The van der Waals surface area contributed by atoms with E-state index in [4.69, 9.17) is 33.5 Å². The highest BCUT2D eigenvalue weighted by molar-refractivity contribution is 5.41. The van der Waals surface area contributed by atoms with Crippen LogP contribution in [0.5, 0.6) is 5.75 Å². The van der Waals surface area contributed by atoms with Crippen molar-refractivity contribution in [3.8, 4) is 5.75 Å². The molecule has 6 atom stereocenters. The lowest BCUT2D eigenvalue weighted by Crippen LogP contribution is -2.47. The van der Waals surface area contributed by atoms with Gasteiger partial charge in [0.25, 0.3) is 0 Å². The molecule has 0 aliphatic heterocycles. The van der Waals surface area contributed by atoms with Crippen LogP contribution in [0.4, 0.5) is 0 Å². The summed E-state index contributed by atoms with van der Waals surface area (Å²) >= 11 is 0. The zero-order valence-electron chi connectivity index (χ0n) is 24.5. The molecule has 0 radical (unpaired) electrons. The van der Waals surface area contributed by atoms with E-state index >= 15 is 0 Å². The van der Waals surface area contributed by atoms with Gasteiger partial charge >= 0.3 is 0 Å². The first-order valence-corrected chi connectivity index (χ1v) is 15.2. The van der Waals surface area contributed by atoms with Gasteiger partial charge in [0.1, 0.15) is 12.5 Å². The number of hydrogen-bond donors (Lipinski definition) is 1. The quantitative estimate of drug-likeness (QED) is 0.186. The smallest absolute Gasteiger partial charge is 0.188 e. The fourth-order valence-electron chi connectivity index (χ4n) is 7.99. The molecule has 1 N–H and O–H groups in total. The number of rotatable bonds is 18. The number of hydrogen-bond acceptors (Lipinski definition) is 7. The number of ether oxygens (including phenoxy) is 6. The molecular formula is C32H52O7. The van der Waals surface area contributed by atoms with Crippen molar-refractivity contribution in [3.63, 3.8) is 0 Å². The van der Waals surface area contributed by atoms with Crippen LogP contribution in [0.2, 0.25) is 0 Å². The molecule has 3 aliphatic rings. The van der Waals surface area contributed by atoms with Crippen LogP contribution in [0.3, 0.4) is 0 Å². The van der Waals surface area contributed by atoms with Gasteiger partial charge in [0.15, 0.2) is 6.79 Å². The number of aliphatic hydroxyl groups is 1. The molecule has 0 heterocycles. The Bertz CT molecular complexity index is 848. The van der Waals surface area contributed by atoms with E-state index in [0.717, 1.165) is 37.5 Å². The highest BCUT2D eigenvalue weighted by Crippen LogP contribution is 2.63. The SMILES string of the molecule is COCOc1ccc2c(c1)CC(CCCCCCOCCOCCO)C1C2CCC2(C)C(OCOC)CCC12. The molecule has 222 valence electrons. The second-order valence-electron chi connectivity index (χ2n) is 12.0. The Morgan fingerprint density at radius 2 is 1.69 bits per heavy atom. The molecule has 7 nitrogen and oxygen atoms in total. The molecule has 0 aromatic heterocycles. The van der Waals surface area contributed by atoms with Crippen molar-refractivity contribution < 1.29 is 33.5 Å². The van der Waals surface area contributed by atoms with Crippen molar-refractivity contribution in [1.82, 2.24) is 0 Å². The summed E-state index contributed by atoms with van der Waals surface area (Å²) < 4.78 is 33.4. The standard InChI is InChI=1S/C32H52O7/c1-32-14-13-28-27-10-9-26(38-22-34-2)21-25(27)20-24(31(28)29(32)11-12-30(32)39-23-35-3)8-6-4-5-7-16-36-18-19-37-17-15-33/h9-10,21,24,28-31,33H,4-8,11-20,22-23H2,1-3H3. The summed E-state index contributed by atoms with van der Waals surface area (Å²) in [4.78, 5) is 0. The van der Waals surface area contributed by atoms with E-state index < -0.39 is 0 Å². The molecule has 4 rings (SSSR count). The molecular weight excluding hydrogens is 496 g/mol. The zero-order chi connectivity index (χ0) is 27.5. The average molecular weight is 549 g/mol. The van der Waals surface area contributed by atoms with Gasteiger partial charge in [0, 0.05) is 20.8 Å². The van der Waals surface area contributed by atoms with Crippen LogP contribution in [0, 0.1) is 23.2 Å². The van der Waals surface area contributed by atoms with Gasteiger partial charge < -0.3 is 33.5 Å². The summed E-state index contributed by atoms with van der Waals surface area (Å²) in [6.45, 7) is 5.60. The lowest BCUT2D eigenvalue weighted by molar-refractivity contribution is -0.128. The third-order valence-electron chi connectivity index (χ3n) is 9.74. The van der Waals surface area contributed by atoms with Crippen LogP contribution in [-0.2, 0) is 30.1 Å². The van der Waals surface area contributed by atoms with Crippen molar-refractivity contribution >= 4 is 0 Å². The molecule has 1 aromatic carbocycles. The van der Waals surface area contributed by atoms with E-state index in [1.54, 1.807) is 19.8 Å². The monoisotopic (exact) mass is 548 g/mol. The maximum atomic E-state index is 8.75. The van der Waals surface area contributed by atoms with Gasteiger partial charge in [0.05, 0.1) is 32.5 Å². The summed E-state index contributed by atoms with van der Waals surface area (Å²) in [6.07, 6.45) is 12.5. The van der Waals surface area contributed by atoms with Crippen LogP contribution in [0.25, 0.3) is 0 Å². The van der Waals surface area contributed by atoms with Crippen molar-refractivity contribution in [3.05, 3.63) is 29.3 Å². The highest BCUT2D eigenvalue weighted by atomic mass is 16.7. The second kappa shape index (κ2) is 15.7. The van der Waals surface area contributed by atoms with Gasteiger partial charge in [-0.25, -0.2) is 0 Å². The van der Waals surface area contributed by atoms with Crippen LogP contribution < -0.4 is 4.74 Å². The second-order valence-corrected chi connectivity index (χ2v) is 12.0. The summed E-state index contributed by atoms with van der Waals surface area (Å²) in [5.74, 6) is 3.69. The van der Waals surface area contributed by atoms with Crippen molar-refractivity contribution in [1.29, 1.82) is 0 Å². The lowest BCUT2D eigenvalue weighted by Gasteiger charge is -2.53. The molecule has 0 bridgehead atoms. The van der Waals surface area contributed by atoms with Gasteiger partial charge in [-0.15, -0.1) is 0 Å². The van der Waals surface area contributed by atoms with Crippen molar-refractivity contribution in [2.45, 2.75) is 83.2 Å². The number of unbranched alkanes of at least 4 members (excludes halogenated alkanes) is 3. The van der Waals surface area contributed by atoms with Crippen molar-refractivity contribution in [2.75, 3.05) is 60.8 Å². The molecule has 1 aromatic rings. The number of aliphatic hydroxyl groups excluding tert-OH is 1. The first-order chi connectivity index (χ1) is 19.1. The zero-order valence-corrected chi connectivity index (χ0v) is 24.5. The highest BCUT2D eigenvalue weighted by Gasteiger charge is 2.57. The van der Waals surface area contributed by atoms with E-state index in [2.05, 4.69) is 25.1 Å². The summed E-state index contributed by atoms with van der Waals surface area (Å²) in [7, 11) is 3.40. The average Bonchev–Trinajstić information content (AvgIpc) is 3.29. The van der Waals surface area contributed by atoms with Gasteiger partial charge in [-0.2, -0.15) is 0 Å². The summed E-state index contributed by atoms with van der Waals surface area (Å²) in [6, 6.07) is 6.77. The Morgan fingerprint density at radius 3 is 2.49 bits per heavy atom. The molecule has 0 saturated heterocycles. The molecule has 3 aliphatic carbocycles. The predicted molar refractivity (Wildman–Crippen MR) is 151 cm³/mol. The Kier molecular flexibility index (Phi) is 12.4. The van der Waals surface area contributed by atoms with Crippen LogP contribution in [0.15, 0.2) is 18.2 Å². The molecule has 0 spiro atoms. The summed E-state index contributed by atoms with van der Waals surface area (Å²) in [5.41, 5.74) is 3.29. The molecule has 2 saturated carbocycles. The van der Waals surface area contributed by atoms with Crippen molar-refractivity contribution in [2.24, 2.45) is 23.2 Å². The Morgan fingerprint density at radius 1 is 0.897 bits per heavy atom. The molecule has 7 heteroatoms. The first-order valence-electron chi connectivity index (χ1n) is 15.2. The first kappa shape index (κ1) is 30.7. The minimum atomic E-state index is 0.0686. The topological polar surface area (TPSA) is 75.6 Å². The maximum absolute atomic E-state index is 8.75. The van der Waals surface area contributed by atoms with Gasteiger partial charge in [-0.3, -0.25) is 0 Å². The molecule has 6 unspecified atom stereocenters. The van der Waals surface area contributed by atoms with Crippen LogP contribution in [-0.4, -0.2) is 72.1 Å². The maximum Gasteiger partial charge on any atom is 0.188 e. The van der Waals surface area contributed by atoms with Gasteiger partial charge in [-0.1, -0.05) is 32.3 Å². The minimum absolute atomic E-state index is 0.0686. The van der Waals surface area contributed by atoms with E-state index in [0.29, 0.717) is 50.5 Å². The van der Waals surface area contributed by atoms with Gasteiger partial charge in [0.2, 0.25) is 0 Å². The molecule has 0 amide bonds. The minimum Gasteiger partial charge on any atom is -0.468 e. The van der Waals surface area contributed by atoms with E-state index in [9.17, 15) is 0 Å². The predicted octanol–water partition coefficient (Wildman–Crippen LogP) is 5.72. The number of methoxy groups -OCH3 is 2. The number of fused-ring (bicyclic) bond motifs is 5. The fourth-order valence-corrected chi connectivity index (χ4v) is 7.99. The van der Waals surface area contributed by atoms with Crippen LogP contribution in [0.1, 0.15) is 81.8 Å². The third kappa shape index (κ3) is 7.75.